The van der Waals surface area contributed by atoms with Gasteiger partial charge >= 0.3 is 0 Å². The first-order valence-electron chi connectivity index (χ1n) is 15.1. The van der Waals surface area contributed by atoms with Crippen LogP contribution in [0, 0.1) is 23.2 Å². The third-order valence-corrected chi connectivity index (χ3v) is 11.7. The van der Waals surface area contributed by atoms with Crippen LogP contribution in [0.15, 0.2) is 24.3 Å². The number of thioether (sulfide) groups is 1. The number of carbonyl (C=O) groups excluding carboxylic acids is 3. The van der Waals surface area contributed by atoms with Crippen molar-refractivity contribution in [1.82, 2.24) is 10.2 Å². The number of amides is 3. The quantitative estimate of drug-likeness (QED) is 0.280. The third kappa shape index (κ3) is 6.50. The Kier molecular flexibility index (Phi) is 9.71. The molecule has 2 bridgehead atoms. The van der Waals surface area contributed by atoms with E-state index in [1.54, 1.807) is 28.8 Å². The number of nitrogens with one attached hydrogen (secondary N) is 2. The fourth-order valence-electron chi connectivity index (χ4n) is 7.68. The molecule has 1 aromatic carbocycles. The molecular formula is C32H48BrN3O5S. The van der Waals surface area contributed by atoms with Crippen molar-refractivity contribution in [2.24, 2.45) is 23.2 Å². The molecule has 0 aliphatic carbocycles. The SMILES string of the molecule is CCOc1ccc(NC(=O)[C@H]2[C@H]3C(=O)N([C@@H](CO)CC(C)C)C(C(=O)NC(C)(C)CC(C)(C)C)C34CC(Br)[C@@H]2S4)cc1. The molecule has 3 saturated heterocycles. The number of halogens is 1. The van der Waals surface area contributed by atoms with Crippen LogP contribution in [0.3, 0.4) is 0 Å². The maximum Gasteiger partial charge on any atom is 0.244 e. The molecule has 1 aromatic rings. The highest BCUT2D eigenvalue weighted by molar-refractivity contribution is 9.09. The zero-order valence-corrected chi connectivity index (χ0v) is 28.6. The number of benzene rings is 1. The highest BCUT2D eigenvalue weighted by Crippen LogP contribution is 2.68. The summed E-state index contributed by atoms with van der Waals surface area (Å²) in [6.07, 6.45) is 1.91. The highest BCUT2D eigenvalue weighted by Gasteiger charge is 2.76. The lowest BCUT2D eigenvalue weighted by atomic mass is 9.70. The number of anilines is 1. The molecule has 1 spiro atoms. The summed E-state index contributed by atoms with van der Waals surface area (Å²) in [5.74, 6) is -0.983. The molecule has 8 nitrogen and oxygen atoms in total. The van der Waals surface area contributed by atoms with Gasteiger partial charge in [0.25, 0.3) is 0 Å². The van der Waals surface area contributed by atoms with Gasteiger partial charge in [-0.2, -0.15) is 0 Å². The second kappa shape index (κ2) is 12.3. The maximum absolute atomic E-state index is 14.5. The first-order chi connectivity index (χ1) is 19.5. The number of hydrogen-bond donors (Lipinski definition) is 3. The number of hydrogen-bond acceptors (Lipinski definition) is 6. The van der Waals surface area contributed by atoms with Gasteiger partial charge in [0.15, 0.2) is 0 Å². The maximum atomic E-state index is 14.5. The molecule has 0 radical (unpaired) electrons. The molecule has 3 amide bonds. The van der Waals surface area contributed by atoms with Crippen LogP contribution in [0.1, 0.15) is 74.7 Å². The van der Waals surface area contributed by atoms with Gasteiger partial charge in [0, 0.05) is 21.3 Å². The standard InChI is InChI=1S/C32H48BrN3O5S/c1-9-41-21-12-10-19(11-13-21)34-27(38)23-24-29(40)36(20(16-37)14-18(2)3)26(32(24)15-22(33)25(23)42-32)28(39)35-31(7,8)17-30(4,5)6/h10-13,18,20,22-26,37H,9,14-17H2,1-8H3,(H,34,38)(H,35,39)/t20-,22?,23+,24+,25+,26?,32?/m1/s1. The molecule has 3 N–H and O–H groups in total. The summed E-state index contributed by atoms with van der Waals surface area (Å²) in [6.45, 7) is 16.8. The fourth-order valence-corrected chi connectivity index (χ4v) is 11.3. The van der Waals surface area contributed by atoms with Gasteiger partial charge in [-0.25, -0.2) is 0 Å². The van der Waals surface area contributed by atoms with Gasteiger partial charge in [0.2, 0.25) is 17.7 Å². The number of aliphatic hydroxyl groups excluding tert-OH is 1. The monoisotopic (exact) mass is 665 g/mol. The number of alkyl halides is 1. The molecule has 42 heavy (non-hydrogen) atoms. The average Bonchev–Trinajstić information content (AvgIpc) is 3.45. The van der Waals surface area contributed by atoms with E-state index in [2.05, 4.69) is 47.3 Å². The average molecular weight is 667 g/mol. The van der Waals surface area contributed by atoms with E-state index in [-0.39, 0.29) is 45.7 Å². The predicted octanol–water partition coefficient (Wildman–Crippen LogP) is 5.23. The van der Waals surface area contributed by atoms with E-state index in [0.717, 1.165) is 12.2 Å². The van der Waals surface area contributed by atoms with Crippen LogP contribution < -0.4 is 15.4 Å². The summed E-state index contributed by atoms with van der Waals surface area (Å²) in [4.78, 5) is 44.4. The van der Waals surface area contributed by atoms with Crippen molar-refractivity contribution in [1.29, 1.82) is 0 Å². The number of aliphatic hydroxyl groups is 1. The van der Waals surface area contributed by atoms with Crippen molar-refractivity contribution in [3.63, 3.8) is 0 Å². The summed E-state index contributed by atoms with van der Waals surface area (Å²) in [6, 6.07) is 5.91. The van der Waals surface area contributed by atoms with Crippen molar-refractivity contribution in [3.05, 3.63) is 24.3 Å². The first kappa shape index (κ1) is 33.1. The van der Waals surface area contributed by atoms with Gasteiger partial charge in [-0.1, -0.05) is 50.5 Å². The minimum Gasteiger partial charge on any atom is -0.494 e. The normalized spacial score (nSPS) is 29.5. The molecule has 7 atom stereocenters. The van der Waals surface area contributed by atoms with Crippen molar-refractivity contribution in [2.75, 3.05) is 18.5 Å². The summed E-state index contributed by atoms with van der Waals surface area (Å²) < 4.78 is 4.75. The second-order valence-corrected chi connectivity index (χ2v) is 17.1. The summed E-state index contributed by atoms with van der Waals surface area (Å²) in [5, 5.41) is 16.7. The number of likely N-dealkylation sites (tertiary alicyclic amines) is 1. The number of rotatable bonds is 11. The van der Waals surface area contributed by atoms with Crippen LogP contribution in [0.5, 0.6) is 5.75 Å². The van der Waals surface area contributed by atoms with E-state index in [4.69, 9.17) is 4.74 Å². The Labute approximate surface area is 263 Å². The van der Waals surface area contributed by atoms with Gasteiger partial charge in [0.1, 0.15) is 11.8 Å². The van der Waals surface area contributed by atoms with Gasteiger partial charge in [-0.05, 0) is 75.6 Å². The number of carbonyl (C=O) groups is 3. The fraction of sp³-hybridized carbons (Fsp3) is 0.719. The Bertz CT molecular complexity index is 1170. The zero-order chi connectivity index (χ0) is 31.2. The molecule has 3 fully saturated rings. The molecular weight excluding hydrogens is 618 g/mol. The van der Waals surface area contributed by atoms with Crippen molar-refractivity contribution >= 4 is 51.1 Å². The smallest absolute Gasteiger partial charge is 0.244 e. The van der Waals surface area contributed by atoms with E-state index >= 15 is 0 Å². The van der Waals surface area contributed by atoms with Crippen LogP contribution >= 0.6 is 27.7 Å². The lowest BCUT2D eigenvalue weighted by molar-refractivity contribution is -0.143. The molecule has 0 aromatic heterocycles. The molecule has 3 aliphatic heterocycles. The Balaban J connectivity index is 1.70. The Morgan fingerprint density at radius 3 is 2.36 bits per heavy atom. The molecule has 3 aliphatic rings. The van der Waals surface area contributed by atoms with Crippen LogP contribution in [0.2, 0.25) is 0 Å². The molecule has 234 valence electrons. The minimum absolute atomic E-state index is 0.0143. The van der Waals surface area contributed by atoms with Crippen LogP contribution in [-0.2, 0) is 14.4 Å². The zero-order valence-electron chi connectivity index (χ0n) is 26.2. The lowest BCUT2D eigenvalue weighted by Gasteiger charge is -2.41. The number of nitrogens with zero attached hydrogens (tertiary/aromatic N) is 1. The number of ether oxygens (including phenoxy) is 1. The van der Waals surface area contributed by atoms with Gasteiger partial charge < -0.3 is 25.4 Å². The number of fused-ring (bicyclic) bond motifs is 1. The second-order valence-electron chi connectivity index (χ2n) is 14.4. The largest absolute Gasteiger partial charge is 0.494 e. The van der Waals surface area contributed by atoms with Crippen LogP contribution in [0.4, 0.5) is 5.69 Å². The molecule has 3 heterocycles. The highest BCUT2D eigenvalue weighted by atomic mass is 79.9. The Morgan fingerprint density at radius 2 is 1.81 bits per heavy atom. The van der Waals surface area contributed by atoms with Crippen LogP contribution in [0.25, 0.3) is 0 Å². The van der Waals surface area contributed by atoms with E-state index in [1.807, 2.05) is 46.8 Å². The molecule has 0 saturated carbocycles. The van der Waals surface area contributed by atoms with Crippen molar-refractivity contribution in [3.8, 4) is 5.75 Å². The third-order valence-electron chi connectivity index (χ3n) is 8.49. The van der Waals surface area contributed by atoms with E-state index in [1.165, 1.54) is 0 Å². The van der Waals surface area contributed by atoms with Crippen molar-refractivity contribution < 1.29 is 24.2 Å². The van der Waals surface area contributed by atoms with Crippen LogP contribution in [-0.4, -0.2) is 73.4 Å². The van der Waals surface area contributed by atoms with E-state index < -0.39 is 34.2 Å². The topological polar surface area (TPSA) is 108 Å². The van der Waals surface area contributed by atoms with E-state index in [0.29, 0.717) is 25.1 Å². The molecule has 10 heteroatoms. The first-order valence-corrected chi connectivity index (χ1v) is 16.9. The molecule has 3 unspecified atom stereocenters. The minimum atomic E-state index is -0.788. The lowest BCUT2D eigenvalue weighted by Crippen LogP contribution is -2.60. The van der Waals surface area contributed by atoms with Gasteiger partial charge in [-0.3, -0.25) is 14.4 Å². The molecule has 4 rings (SSSR count). The van der Waals surface area contributed by atoms with Gasteiger partial charge in [0.05, 0.1) is 35.8 Å². The Morgan fingerprint density at radius 1 is 1.17 bits per heavy atom. The van der Waals surface area contributed by atoms with Crippen molar-refractivity contribution in [2.45, 2.75) is 107 Å². The predicted molar refractivity (Wildman–Crippen MR) is 172 cm³/mol. The Hall–Kier alpha value is -1.78. The van der Waals surface area contributed by atoms with Gasteiger partial charge in [-0.15, -0.1) is 11.8 Å². The summed E-state index contributed by atoms with van der Waals surface area (Å²) in [7, 11) is 0. The van der Waals surface area contributed by atoms with E-state index in [9.17, 15) is 19.5 Å². The summed E-state index contributed by atoms with van der Waals surface area (Å²) in [5.41, 5.74) is 0.106. The summed E-state index contributed by atoms with van der Waals surface area (Å²) >= 11 is 5.44.